The normalized spacial score (nSPS) is 20.2. The van der Waals surface area contributed by atoms with Gasteiger partial charge in [0.15, 0.2) is 0 Å². The van der Waals surface area contributed by atoms with Crippen molar-refractivity contribution in [3.8, 4) is 0 Å². The van der Waals surface area contributed by atoms with E-state index in [1.165, 1.54) is 0 Å². The van der Waals surface area contributed by atoms with Crippen LogP contribution in [0.4, 0.5) is 0 Å². The van der Waals surface area contributed by atoms with Gasteiger partial charge in [-0.05, 0) is 13.8 Å². The summed E-state index contributed by atoms with van der Waals surface area (Å²) >= 11 is 13.0. The van der Waals surface area contributed by atoms with Gasteiger partial charge in [0.2, 0.25) is 0 Å². The first-order valence-electron chi connectivity index (χ1n) is 4.06. The van der Waals surface area contributed by atoms with Gasteiger partial charge in [0.25, 0.3) is 0 Å². The molecule has 0 spiro atoms. The minimum Gasteiger partial charge on any atom is -0.159 e. The number of thioether (sulfide) groups is 1. The summed E-state index contributed by atoms with van der Waals surface area (Å²) in [7, 11) is 0. The second-order valence-electron chi connectivity index (χ2n) is 1.73. The molecule has 0 nitrogen and oxygen atoms in total. The van der Waals surface area contributed by atoms with Crippen molar-refractivity contribution in [2.24, 2.45) is 0 Å². The summed E-state index contributed by atoms with van der Waals surface area (Å²) in [5.41, 5.74) is 0. The zero-order valence-electron chi connectivity index (χ0n) is 7.15. The fraction of sp³-hybridized carbons (Fsp3) is 1.00. The van der Waals surface area contributed by atoms with Gasteiger partial charge >= 0.3 is 0 Å². The first-order chi connectivity index (χ1) is 5.20. The first-order valence-corrected chi connectivity index (χ1v) is 4.67. The molecule has 9 heavy (non-hydrogen) atoms. The molecule has 0 aliphatic rings. The molecule has 0 aliphatic heterocycles. The van der Waals surface area contributed by atoms with Crippen molar-refractivity contribution in [2.75, 3.05) is 11.5 Å². The predicted octanol–water partition coefficient (Wildman–Crippen LogP) is 2.97. The minimum atomic E-state index is -0.0744. The summed E-state index contributed by atoms with van der Waals surface area (Å²) in [6.45, 7) is 0.505. The fourth-order valence-corrected chi connectivity index (χ4v) is 1.51. The van der Waals surface area contributed by atoms with Crippen LogP contribution in [0.25, 0.3) is 0 Å². The van der Waals surface area contributed by atoms with E-state index < -0.39 is 0 Å². The van der Waals surface area contributed by atoms with Crippen LogP contribution in [-0.2, 0) is 0 Å². The first kappa shape index (κ1) is 6.63. The third-order valence-corrected chi connectivity index (χ3v) is 2.55. The molecule has 0 amide bonds. The van der Waals surface area contributed by atoms with Crippen molar-refractivity contribution < 1.29 is 2.74 Å². The van der Waals surface area contributed by atoms with E-state index in [2.05, 4.69) is 0 Å². The monoisotopic (exact) mass is 188 g/mol. The summed E-state index contributed by atoms with van der Waals surface area (Å²) in [6, 6.07) is 0. The van der Waals surface area contributed by atoms with Crippen molar-refractivity contribution in [3.63, 3.8) is 0 Å². The van der Waals surface area contributed by atoms with Crippen LogP contribution in [0.2, 0.25) is 0 Å². The van der Waals surface area contributed by atoms with E-state index in [1.807, 2.05) is 0 Å². The summed E-state index contributed by atoms with van der Waals surface area (Å²) in [4.78, 5) is 0. The van der Waals surface area contributed by atoms with Gasteiger partial charge in [-0.1, -0.05) is 0 Å². The van der Waals surface area contributed by atoms with E-state index in [0.717, 1.165) is 11.5 Å². The minimum absolute atomic E-state index is 0.0744. The molecule has 0 bridgehead atoms. The van der Waals surface area contributed by atoms with Crippen LogP contribution in [0.15, 0.2) is 0 Å². The summed E-state index contributed by atoms with van der Waals surface area (Å²) in [6.07, 6.45) is 0. The highest BCUT2D eigenvalue weighted by atomic mass is 35.5. The van der Waals surface area contributed by atoms with Crippen LogP contribution in [0.3, 0.4) is 0 Å². The van der Waals surface area contributed by atoms with E-state index in [-0.39, 0.29) is 24.6 Å². The van der Waals surface area contributed by atoms with Gasteiger partial charge in [0.05, 0.1) is 0 Å². The van der Waals surface area contributed by atoms with Gasteiger partial charge in [-0.3, -0.25) is 0 Å². The fourth-order valence-electron chi connectivity index (χ4n) is 0.324. The highest BCUT2D eigenvalue weighted by Gasteiger charge is 1.98. The molecule has 0 rings (SSSR count). The molecular weight excluding hydrogens is 175 g/mol. The van der Waals surface area contributed by atoms with Crippen LogP contribution >= 0.6 is 35.0 Å². The average Bonchev–Trinajstić information content (AvgIpc) is 2.04. The van der Waals surface area contributed by atoms with Gasteiger partial charge in [-0.25, -0.2) is 0 Å². The number of halogens is 2. The molecule has 0 saturated heterocycles. The lowest BCUT2D eigenvalue weighted by molar-refractivity contribution is 1.08. The van der Waals surface area contributed by atoms with Crippen LogP contribution in [-0.4, -0.2) is 22.3 Å². The Labute approximate surface area is 74.1 Å². The Morgan fingerprint density at radius 2 is 1.78 bits per heavy atom. The molecule has 0 N–H and O–H groups in total. The van der Waals surface area contributed by atoms with E-state index in [9.17, 15) is 0 Å². The maximum Gasteiger partial charge on any atom is 0.0398 e. The van der Waals surface area contributed by atoms with Crippen molar-refractivity contribution >= 4 is 35.0 Å². The van der Waals surface area contributed by atoms with Crippen LogP contribution in [0, 0.1) is 0 Å². The zero-order valence-corrected chi connectivity index (χ0v) is 7.48. The number of hydrogen-bond donors (Lipinski definition) is 0. The Morgan fingerprint density at radius 3 is 2.11 bits per heavy atom. The molecule has 56 valence electrons. The molecular formula is C6H12Cl2S. The van der Waals surface area contributed by atoms with Crippen molar-refractivity contribution in [1.82, 2.24) is 0 Å². The molecule has 0 aliphatic carbocycles. The van der Waals surface area contributed by atoms with Crippen LogP contribution in [0.5, 0.6) is 0 Å². The molecule has 0 fully saturated rings. The third kappa shape index (κ3) is 8.93. The molecule has 2 atom stereocenters. The second-order valence-corrected chi connectivity index (χ2v) is 4.04. The smallest absolute Gasteiger partial charge is 0.0398 e. The van der Waals surface area contributed by atoms with E-state index in [0.29, 0.717) is 0 Å². The van der Waals surface area contributed by atoms with Crippen LogP contribution < -0.4 is 0 Å². The Morgan fingerprint density at radius 1 is 1.33 bits per heavy atom. The average molecular weight is 189 g/mol. The van der Waals surface area contributed by atoms with E-state index in [4.69, 9.17) is 25.9 Å². The molecule has 0 aromatic rings. The standard InChI is InChI=1S/C6H12Cl2S/c1-5(7)3-9-4-6(2)8/h5-6H,3-4H2,1-2H3/i1D,2D. The van der Waals surface area contributed by atoms with Crippen molar-refractivity contribution in [2.45, 2.75) is 24.6 Å². The molecule has 3 heteroatoms. The lowest BCUT2D eigenvalue weighted by Gasteiger charge is -2.03. The van der Waals surface area contributed by atoms with Gasteiger partial charge in [-0.15, -0.1) is 23.2 Å². The van der Waals surface area contributed by atoms with E-state index >= 15 is 0 Å². The van der Waals surface area contributed by atoms with Crippen molar-refractivity contribution in [1.29, 1.82) is 0 Å². The molecule has 0 radical (unpaired) electrons. The summed E-state index contributed by atoms with van der Waals surface area (Å²) in [5.74, 6) is 1.52. The van der Waals surface area contributed by atoms with Gasteiger partial charge in [-0.2, -0.15) is 11.8 Å². The molecule has 0 saturated carbocycles. The topological polar surface area (TPSA) is 0 Å². The highest BCUT2D eigenvalue weighted by Crippen LogP contribution is 2.10. The summed E-state index contributed by atoms with van der Waals surface area (Å²) in [5, 5.41) is -0.149. The highest BCUT2D eigenvalue weighted by molar-refractivity contribution is 7.99. The molecule has 0 heterocycles. The molecule has 0 aromatic heterocycles. The molecule has 0 aromatic carbocycles. The molecule has 2 unspecified atom stereocenters. The summed E-state index contributed by atoms with van der Waals surface area (Å²) < 4.78 is 13.8. The lowest BCUT2D eigenvalue weighted by Crippen LogP contribution is -2.00. The van der Waals surface area contributed by atoms with Gasteiger partial charge in [0, 0.05) is 25.0 Å². The predicted molar refractivity (Wildman–Crippen MR) is 48.0 cm³/mol. The van der Waals surface area contributed by atoms with Gasteiger partial charge in [0.1, 0.15) is 0 Å². The third-order valence-electron chi connectivity index (χ3n) is 0.597. The Hall–Kier alpha value is 0.930. The lowest BCUT2D eigenvalue weighted by atomic mass is 10.6. The Balaban J connectivity index is 3.13. The SMILES string of the molecule is [2H]CC(Cl)CSCC(Cl)C[2H]. The maximum absolute atomic E-state index is 6.92. The largest absolute Gasteiger partial charge is 0.159 e. The second kappa shape index (κ2) is 5.70. The zero-order chi connectivity index (χ0) is 8.69. The number of rotatable bonds is 4. The number of alkyl halides is 2. The quantitative estimate of drug-likeness (QED) is 0.612. The maximum atomic E-state index is 6.92. The van der Waals surface area contributed by atoms with E-state index in [1.54, 1.807) is 11.8 Å². The van der Waals surface area contributed by atoms with Crippen molar-refractivity contribution in [3.05, 3.63) is 0 Å². The van der Waals surface area contributed by atoms with Gasteiger partial charge < -0.3 is 0 Å². The Bertz CT molecular complexity index is 84.7. The number of hydrogen-bond acceptors (Lipinski definition) is 1. The Kier molecular flexibility index (Phi) is 4.19. The van der Waals surface area contributed by atoms with Crippen LogP contribution in [0.1, 0.15) is 16.5 Å².